The van der Waals surface area contributed by atoms with E-state index in [9.17, 15) is 0 Å². The maximum Gasteiger partial charge on any atom is 0 e. The second-order valence-electron chi connectivity index (χ2n) is 3.10. The maximum atomic E-state index is 1.35. The summed E-state index contributed by atoms with van der Waals surface area (Å²) in [5, 5.41) is 0. The molecule has 0 aromatic heterocycles. The largest absolute Gasteiger partial charge is 0.0275 e. The SMILES string of the molecule is C12C3C4C1C234.[Mo]. The van der Waals surface area contributed by atoms with Crippen LogP contribution in [0.15, 0.2) is 0 Å². The Labute approximate surface area is 50.6 Å². The van der Waals surface area contributed by atoms with Crippen LogP contribution in [0.1, 0.15) is 0 Å². The number of hydrogen-bond acceptors (Lipinski definition) is 0. The van der Waals surface area contributed by atoms with Gasteiger partial charge in [-0.05, 0) is 29.1 Å². The Morgan fingerprint density at radius 1 is 0.833 bits per heavy atom. The molecular formula is C5H4Mo. The molecule has 0 atom stereocenters. The van der Waals surface area contributed by atoms with Crippen molar-refractivity contribution in [2.24, 2.45) is 29.1 Å². The van der Waals surface area contributed by atoms with Gasteiger partial charge in [-0.1, -0.05) is 0 Å². The minimum absolute atomic E-state index is 0. The zero-order valence-corrected chi connectivity index (χ0v) is 5.22. The van der Waals surface area contributed by atoms with E-state index in [1.54, 1.807) is 0 Å². The molecule has 0 nitrogen and oxygen atoms in total. The van der Waals surface area contributed by atoms with Crippen molar-refractivity contribution in [1.82, 2.24) is 0 Å². The van der Waals surface area contributed by atoms with Gasteiger partial charge in [-0.15, -0.1) is 0 Å². The summed E-state index contributed by atoms with van der Waals surface area (Å²) in [7, 11) is 0. The van der Waals surface area contributed by atoms with E-state index in [0.717, 1.165) is 0 Å². The molecule has 0 radical (unpaired) electrons. The molecule has 1 spiro atoms. The zero-order chi connectivity index (χ0) is 2.81. The summed E-state index contributed by atoms with van der Waals surface area (Å²) in [5.74, 6) is 5.42. The fourth-order valence-electron chi connectivity index (χ4n) is 2.66. The van der Waals surface area contributed by atoms with Crippen LogP contribution in [-0.4, -0.2) is 0 Å². The van der Waals surface area contributed by atoms with Gasteiger partial charge in [0.2, 0.25) is 0 Å². The summed E-state index contributed by atoms with van der Waals surface area (Å²) < 4.78 is 0. The van der Waals surface area contributed by atoms with Gasteiger partial charge >= 0.3 is 0 Å². The van der Waals surface area contributed by atoms with E-state index in [1.807, 2.05) is 0 Å². The molecule has 4 fully saturated rings. The van der Waals surface area contributed by atoms with E-state index in [0.29, 0.717) is 0 Å². The van der Waals surface area contributed by atoms with Crippen LogP contribution in [-0.2, 0) is 21.1 Å². The second-order valence-corrected chi connectivity index (χ2v) is 3.10. The first-order chi connectivity index (χ1) is 2.49. The van der Waals surface area contributed by atoms with Gasteiger partial charge in [-0.2, -0.15) is 0 Å². The standard InChI is InChI=1S/C5H4.Mo/c1-2-4-3(1)5(1,2)4;/h1-4H;. The summed E-state index contributed by atoms with van der Waals surface area (Å²) in [6, 6.07) is 0. The number of hydrogen-bond donors (Lipinski definition) is 0. The van der Waals surface area contributed by atoms with Crippen molar-refractivity contribution in [3.8, 4) is 0 Å². The molecule has 0 N–H and O–H groups in total. The molecule has 0 aliphatic heterocycles. The van der Waals surface area contributed by atoms with E-state index in [2.05, 4.69) is 0 Å². The van der Waals surface area contributed by atoms with Crippen molar-refractivity contribution >= 4 is 0 Å². The summed E-state index contributed by atoms with van der Waals surface area (Å²) >= 11 is 0. The van der Waals surface area contributed by atoms with Gasteiger partial charge in [0, 0.05) is 21.1 Å². The second kappa shape index (κ2) is 0.358. The topological polar surface area (TPSA) is 0 Å². The third kappa shape index (κ3) is 0.0597. The van der Waals surface area contributed by atoms with Gasteiger partial charge in [0.15, 0.2) is 0 Å². The Morgan fingerprint density at radius 2 is 1.00 bits per heavy atom. The first kappa shape index (κ1) is 2.87. The van der Waals surface area contributed by atoms with Crippen LogP contribution < -0.4 is 0 Å². The Bertz CT molecular complexity index is 107. The third-order valence-corrected chi connectivity index (χ3v) is 3.42. The molecule has 1 heteroatoms. The molecular weight excluding hydrogens is 156 g/mol. The summed E-state index contributed by atoms with van der Waals surface area (Å²) in [6.45, 7) is 0. The Hall–Kier alpha value is 0.688. The Balaban J connectivity index is 0.000000160. The van der Waals surface area contributed by atoms with Gasteiger partial charge < -0.3 is 0 Å². The number of rotatable bonds is 0. The molecule has 30 valence electrons. The maximum absolute atomic E-state index is 1.35. The summed E-state index contributed by atoms with van der Waals surface area (Å²) in [6.07, 6.45) is 0. The molecule has 0 bridgehead atoms. The van der Waals surface area contributed by atoms with Gasteiger partial charge in [0.1, 0.15) is 0 Å². The van der Waals surface area contributed by atoms with Crippen molar-refractivity contribution in [2.75, 3.05) is 0 Å². The molecule has 0 amide bonds. The summed E-state index contributed by atoms with van der Waals surface area (Å²) in [5.41, 5.74) is 1.17. The predicted molar refractivity (Wildman–Crippen MR) is 16.4 cm³/mol. The van der Waals surface area contributed by atoms with Crippen LogP contribution in [0.4, 0.5) is 0 Å². The van der Waals surface area contributed by atoms with Crippen molar-refractivity contribution < 1.29 is 21.1 Å². The van der Waals surface area contributed by atoms with Gasteiger partial charge in [0.25, 0.3) is 0 Å². The van der Waals surface area contributed by atoms with Crippen LogP contribution >= 0.6 is 0 Å². The van der Waals surface area contributed by atoms with Crippen molar-refractivity contribution in [1.29, 1.82) is 0 Å². The van der Waals surface area contributed by atoms with E-state index in [4.69, 9.17) is 0 Å². The smallest absolute Gasteiger partial charge is 0 e. The van der Waals surface area contributed by atoms with Gasteiger partial charge in [-0.25, -0.2) is 0 Å². The van der Waals surface area contributed by atoms with E-state index in [-0.39, 0.29) is 21.1 Å². The molecule has 0 aromatic carbocycles. The van der Waals surface area contributed by atoms with Crippen molar-refractivity contribution in [3.05, 3.63) is 0 Å². The molecule has 4 aliphatic rings. The van der Waals surface area contributed by atoms with Crippen LogP contribution in [0.3, 0.4) is 0 Å². The predicted octanol–water partition coefficient (Wildman–Crippen LogP) is 0.489. The minimum Gasteiger partial charge on any atom is -0.0275 e. The summed E-state index contributed by atoms with van der Waals surface area (Å²) in [4.78, 5) is 0. The fourth-order valence-corrected chi connectivity index (χ4v) is 2.66. The van der Waals surface area contributed by atoms with Crippen molar-refractivity contribution in [2.45, 2.75) is 0 Å². The molecule has 0 heterocycles. The Kier molecular flexibility index (Phi) is 0.171. The normalized spacial score (nSPS) is 104. The van der Waals surface area contributed by atoms with E-state index in [1.165, 1.54) is 29.1 Å². The molecule has 0 unspecified atom stereocenters. The molecule has 0 aromatic rings. The molecule has 4 aliphatic carbocycles. The number of fused-ring (bicyclic) bond motifs is 4. The monoisotopic (exact) mass is 162 g/mol. The molecule has 6 heavy (non-hydrogen) atoms. The third-order valence-electron chi connectivity index (χ3n) is 3.42. The first-order valence-electron chi connectivity index (χ1n) is 2.49. The van der Waals surface area contributed by atoms with E-state index < -0.39 is 0 Å². The van der Waals surface area contributed by atoms with E-state index >= 15 is 0 Å². The molecule has 4 rings (SSSR count). The first-order valence-corrected chi connectivity index (χ1v) is 2.49. The quantitative estimate of drug-likeness (QED) is 0.452. The van der Waals surface area contributed by atoms with Crippen LogP contribution in [0.25, 0.3) is 0 Å². The van der Waals surface area contributed by atoms with Crippen molar-refractivity contribution in [3.63, 3.8) is 0 Å². The molecule has 4 saturated carbocycles. The van der Waals surface area contributed by atoms with Crippen LogP contribution in [0.2, 0.25) is 0 Å². The van der Waals surface area contributed by atoms with Gasteiger partial charge in [0.05, 0.1) is 0 Å². The fraction of sp³-hybridized carbons (Fsp3) is 1.00. The van der Waals surface area contributed by atoms with Crippen LogP contribution in [0.5, 0.6) is 0 Å². The Morgan fingerprint density at radius 3 is 1.00 bits per heavy atom. The van der Waals surface area contributed by atoms with Gasteiger partial charge in [-0.3, -0.25) is 0 Å². The average molecular weight is 160 g/mol. The van der Waals surface area contributed by atoms with Crippen LogP contribution in [0, 0.1) is 29.1 Å². The zero-order valence-electron chi connectivity index (χ0n) is 3.22. The molecule has 0 saturated heterocycles. The minimum atomic E-state index is 0. The average Bonchev–Trinajstić information content (AvgIpc) is 1.26.